The first-order valence-corrected chi connectivity index (χ1v) is 11.4. The van der Waals surface area contributed by atoms with Crippen LogP contribution in [0.2, 0.25) is 12.1 Å². The number of hydrogen-bond acceptors (Lipinski definition) is 1. The van der Waals surface area contributed by atoms with Gasteiger partial charge >= 0.3 is 0 Å². The van der Waals surface area contributed by atoms with Crippen LogP contribution in [0.1, 0.15) is 52.4 Å². The van der Waals surface area contributed by atoms with Gasteiger partial charge in [-0.05, 0) is 32.0 Å². The second-order valence-electron chi connectivity index (χ2n) is 6.81. The van der Waals surface area contributed by atoms with E-state index in [9.17, 15) is 0 Å². The van der Waals surface area contributed by atoms with Crippen molar-refractivity contribution < 1.29 is 0 Å². The van der Waals surface area contributed by atoms with E-state index in [2.05, 4.69) is 49.1 Å². The van der Waals surface area contributed by atoms with Crippen LogP contribution in [-0.4, -0.2) is 33.3 Å². The molecule has 2 heteroatoms. The molecule has 0 aromatic heterocycles. The van der Waals surface area contributed by atoms with Gasteiger partial charge in [0.05, 0.1) is 8.80 Å². The molecule has 0 saturated heterocycles. The maximum atomic E-state index is 2.57. The Labute approximate surface area is 139 Å². The number of hydrogen-bond donors (Lipinski definition) is 0. The van der Waals surface area contributed by atoms with Crippen LogP contribution in [0.4, 0.5) is 0 Å². The van der Waals surface area contributed by atoms with E-state index >= 15 is 0 Å². The zero-order valence-electron chi connectivity index (χ0n) is 14.7. The molecule has 1 saturated carbocycles. The smallest absolute Gasteiger partial charge is 0.0859 e. The Hall–Kier alpha value is -0.603. The van der Waals surface area contributed by atoms with Crippen molar-refractivity contribution in [3.05, 3.63) is 30.3 Å². The van der Waals surface area contributed by atoms with Crippen molar-refractivity contribution in [1.29, 1.82) is 0 Å². The molecule has 0 bridgehead atoms. The minimum absolute atomic E-state index is 0.359. The van der Waals surface area contributed by atoms with E-state index in [1.165, 1.54) is 70.2 Å². The van der Waals surface area contributed by atoms with Crippen LogP contribution >= 0.6 is 0 Å². The highest BCUT2D eigenvalue weighted by atomic mass is 28.3. The van der Waals surface area contributed by atoms with Gasteiger partial charge in [-0.3, -0.25) is 0 Å². The highest BCUT2D eigenvalue weighted by Gasteiger charge is 2.21. The fourth-order valence-corrected chi connectivity index (χ4v) is 6.92. The molecule has 1 radical (unpaired) electrons. The summed E-state index contributed by atoms with van der Waals surface area (Å²) < 4.78 is 0. The van der Waals surface area contributed by atoms with Gasteiger partial charge in [0.2, 0.25) is 0 Å². The fourth-order valence-electron chi connectivity index (χ4n) is 3.83. The third-order valence-corrected chi connectivity index (χ3v) is 8.47. The number of benzene rings is 1. The average molecular weight is 317 g/mol. The van der Waals surface area contributed by atoms with Crippen molar-refractivity contribution in [2.24, 2.45) is 5.92 Å². The highest BCUT2D eigenvalue weighted by Crippen LogP contribution is 2.28. The Bertz CT molecular complexity index is 382. The lowest BCUT2D eigenvalue weighted by Crippen LogP contribution is -2.34. The van der Waals surface area contributed by atoms with E-state index in [1.54, 1.807) is 5.19 Å². The van der Waals surface area contributed by atoms with Gasteiger partial charge in [0.15, 0.2) is 0 Å². The van der Waals surface area contributed by atoms with E-state index in [0.29, 0.717) is 0 Å². The molecule has 1 aromatic rings. The van der Waals surface area contributed by atoms with Crippen molar-refractivity contribution in [3.8, 4) is 0 Å². The van der Waals surface area contributed by atoms with E-state index < -0.39 is 0 Å². The molecule has 1 aliphatic rings. The zero-order chi connectivity index (χ0) is 15.6. The average Bonchev–Trinajstić information content (AvgIpc) is 2.59. The summed E-state index contributed by atoms with van der Waals surface area (Å²) in [7, 11) is -0.359. The van der Waals surface area contributed by atoms with Gasteiger partial charge in [-0.25, -0.2) is 0 Å². The normalized spacial score (nSPS) is 16.5. The predicted molar refractivity (Wildman–Crippen MR) is 100 cm³/mol. The quantitative estimate of drug-likeness (QED) is 0.597. The van der Waals surface area contributed by atoms with Crippen LogP contribution in [-0.2, 0) is 0 Å². The highest BCUT2D eigenvalue weighted by molar-refractivity contribution is 6.73. The van der Waals surface area contributed by atoms with Crippen molar-refractivity contribution in [3.63, 3.8) is 0 Å². The van der Waals surface area contributed by atoms with Crippen LogP contribution in [0.5, 0.6) is 0 Å². The van der Waals surface area contributed by atoms with Gasteiger partial charge in [0.1, 0.15) is 0 Å². The van der Waals surface area contributed by atoms with E-state index in [1.807, 2.05) is 0 Å². The molecule has 1 fully saturated rings. The van der Waals surface area contributed by atoms with Crippen LogP contribution in [0.25, 0.3) is 0 Å². The second kappa shape index (κ2) is 10.2. The summed E-state index contributed by atoms with van der Waals surface area (Å²) in [6.07, 6.45) is 8.82. The molecule has 0 heterocycles. The molecule has 1 aliphatic carbocycles. The number of nitrogens with zero attached hydrogens (tertiary/aromatic N) is 1. The molecule has 0 amide bonds. The minimum Gasteiger partial charge on any atom is -0.304 e. The molecule has 0 aliphatic heterocycles. The molecule has 0 unspecified atom stereocenters. The van der Waals surface area contributed by atoms with Gasteiger partial charge < -0.3 is 4.90 Å². The molecule has 0 spiro atoms. The third-order valence-electron chi connectivity index (χ3n) is 5.29. The lowest BCUT2D eigenvalue weighted by atomic mass is 9.91. The molecule has 1 aromatic carbocycles. The third kappa shape index (κ3) is 5.89. The van der Waals surface area contributed by atoms with Crippen LogP contribution in [0.3, 0.4) is 0 Å². The second-order valence-corrected chi connectivity index (χ2v) is 9.50. The van der Waals surface area contributed by atoms with Crippen LogP contribution < -0.4 is 5.19 Å². The van der Waals surface area contributed by atoms with Gasteiger partial charge in [-0.2, -0.15) is 0 Å². The SMILES string of the molecule is CCN(CC)CCC[Si](CC1CCCCC1)c1ccccc1. The molecule has 22 heavy (non-hydrogen) atoms. The lowest BCUT2D eigenvalue weighted by Gasteiger charge is -2.26. The lowest BCUT2D eigenvalue weighted by molar-refractivity contribution is 0.304. The molecule has 1 nitrogen and oxygen atoms in total. The fraction of sp³-hybridized carbons (Fsp3) is 0.700. The van der Waals surface area contributed by atoms with Crippen molar-refractivity contribution in [2.45, 2.75) is 64.5 Å². The molecular weight excluding hydrogens is 282 g/mol. The topological polar surface area (TPSA) is 3.24 Å². The first kappa shape index (κ1) is 17.7. The maximum Gasteiger partial charge on any atom is 0.0859 e. The maximum absolute atomic E-state index is 2.57. The summed E-state index contributed by atoms with van der Waals surface area (Å²) in [5.74, 6) is 1.02. The summed E-state index contributed by atoms with van der Waals surface area (Å²) in [6.45, 7) is 8.26. The molecule has 0 N–H and O–H groups in total. The van der Waals surface area contributed by atoms with Gasteiger partial charge in [0.25, 0.3) is 0 Å². The summed E-state index contributed by atoms with van der Waals surface area (Å²) >= 11 is 0. The molecule has 2 rings (SSSR count). The van der Waals surface area contributed by atoms with Crippen LogP contribution in [0.15, 0.2) is 30.3 Å². The Kier molecular flexibility index (Phi) is 8.25. The van der Waals surface area contributed by atoms with E-state index in [0.717, 1.165) is 5.92 Å². The predicted octanol–water partition coefficient (Wildman–Crippen LogP) is 4.70. The van der Waals surface area contributed by atoms with Crippen molar-refractivity contribution in [1.82, 2.24) is 4.90 Å². The molecule has 123 valence electrons. The summed E-state index contributed by atoms with van der Waals surface area (Å²) in [5, 5.41) is 1.68. The van der Waals surface area contributed by atoms with Crippen molar-refractivity contribution >= 4 is 14.0 Å². The van der Waals surface area contributed by atoms with E-state index in [4.69, 9.17) is 0 Å². The Morgan fingerprint density at radius 2 is 1.68 bits per heavy atom. The minimum atomic E-state index is -0.359. The molecule has 0 atom stereocenters. The van der Waals surface area contributed by atoms with Crippen LogP contribution in [0, 0.1) is 5.92 Å². The van der Waals surface area contributed by atoms with Crippen molar-refractivity contribution in [2.75, 3.05) is 19.6 Å². The van der Waals surface area contributed by atoms with E-state index in [-0.39, 0.29) is 8.80 Å². The largest absolute Gasteiger partial charge is 0.304 e. The van der Waals surface area contributed by atoms with Gasteiger partial charge in [0, 0.05) is 0 Å². The Morgan fingerprint density at radius 1 is 1.00 bits per heavy atom. The zero-order valence-corrected chi connectivity index (χ0v) is 15.7. The van der Waals surface area contributed by atoms with Gasteiger partial charge in [-0.1, -0.05) is 93.6 Å². The first-order valence-electron chi connectivity index (χ1n) is 9.46. The summed E-state index contributed by atoms with van der Waals surface area (Å²) in [5.41, 5.74) is 0. The summed E-state index contributed by atoms with van der Waals surface area (Å²) in [4.78, 5) is 2.57. The Balaban J connectivity index is 1.89. The molecular formula is C20H34NSi. The number of rotatable bonds is 9. The Morgan fingerprint density at radius 3 is 2.32 bits per heavy atom. The standard InChI is InChI=1S/C20H34NSi/c1-3-21(4-2)16-11-17-22(20-14-9-6-10-15-20)18-19-12-7-5-8-13-19/h6,9-10,14-15,19H,3-5,7-8,11-13,16-18H2,1-2H3. The van der Waals surface area contributed by atoms with Gasteiger partial charge in [-0.15, -0.1) is 0 Å². The first-order chi connectivity index (χ1) is 10.8. The monoisotopic (exact) mass is 316 g/mol. The summed E-state index contributed by atoms with van der Waals surface area (Å²) in [6, 6.07) is 14.4.